The number of carboxylic acids is 2. The van der Waals surface area contributed by atoms with Gasteiger partial charge in [-0.05, 0) is 98.8 Å². The number of thiazole rings is 2. The van der Waals surface area contributed by atoms with E-state index in [-0.39, 0.29) is 30.8 Å². The van der Waals surface area contributed by atoms with Gasteiger partial charge in [0.2, 0.25) is 0 Å². The van der Waals surface area contributed by atoms with Gasteiger partial charge in [-0.25, -0.2) is 42.3 Å². The second-order valence-electron chi connectivity index (χ2n) is 25.5. The van der Waals surface area contributed by atoms with Gasteiger partial charge in [0.25, 0.3) is 0 Å². The standard InChI is InChI=1S/C35H36BrF2N7O5S.C34H34Cl2FN7O5S/c1-2-50-34(48)29-28(40-31(32-39-7-12-51-32)41-30(29)26-4-3-21(37)15-27(26)36)19-42-10-11-44-25(17-42)18-45(35(44)49)24-14-22(38)13-23(16-24)43-8-5-20(6-9-43)33(46)47;1-49-33(47)28-27(39-30(31-38-6-11-50-31)40-29(28)25-3-2-20(35)12-26(25)36)18-41-9-10-43-24(16-41)17-44(34(43)48)23-14-21(37)13-22(15-23)42-7-4-19(5-8-42)32(45)46/h3-4,7,12-16,20,25,30H,2,5-6,8-11,17-19H2,1H3,(H,40,41)(H,46,47);2-3,6,11-15,19,24,29H,4-5,7-10,16-18H2,1H3,(H,39,40)(H,45,46)/t25-,30-;24-,29-/m00/s1. The fourth-order valence-corrected chi connectivity index (χ4v) is 16.6. The molecule has 0 saturated carbocycles. The van der Waals surface area contributed by atoms with E-state index in [2.05, 4.69) is 46.3 Å². The van der Waals surface area contributed by atoms with Crippen LogP contribution in [0.2, 0.25) is 10.0 Å². The number of halogens is 6. The Morgan fingerprint density at radius 2 is 1.06 bits per heavy atom. The zero-order valence-electron chi connectivity index (χ0n) is 54.7. The van der Waals surface area contributed by atoms with E-state index in [1.807, 2.05) is 25.5 Å². The van der Waals surface area contributed by atoms with Gasteiger partial charge in [0.05, 0.1) is 60.2 Å². The number of anilines is 4. The van der Waals surface area contributed by atoms with Crippen LogP contribution in [0, 0.1) is 29.3 Å². The molecule has 0 bridgehead atoms. The number of aliphatic imine (C=N–C) groups is 2. The summed E-state index contributed by atoms with van der Waals surface area (Å²) in [5.74, 6) is -3.94. The molecular formula is C69H70BrCl2F3N14O10S2. The van der Waals surface area contributed by atoms with Gasteiger partial charge in [-0.1, -0.05) is 51.3 Å². The zero-order valence-corrected chi connectivity index (χ0v) is 59.5. The Bertz CT molecular complexity index is 4330. The summed E-state index contributed by atoms with van der Waals surface area (Å²) < 4.78 is 55.3. The number of piperidine rings is 2. The average Bonchev–Trinajstić information content (AvgIpc) is 1.77. The van der Waals surface area contributed by atoms with Crippen LogP contribution in [-0.2, 0) is 28.7 Å². The molecule has 0 aliphatic carbocycles. The van der Waals surface area contributed by atoms with Crippen LogP contribution in [0.25, 0.3) is 0 Å². The van der Waals surface area contributed by atoms with Crippen molar-refractivity contribution in [3.8, 4) is 0 Å². The lowest BCUT2D eigenvalue weighted by Gasteiger charge is -2.38. The number of hydrogen-bond acceptors (Lipinski definition) is 20. The first kappa shape index (κ1) is 70.8. The highest BCUT2D eigenvalue weighted by molar-refractivity contribution is 9.10. The summed E-state index contributed by atoms with van der Waals surface area (Å²) in [7, 11) is 1.32. The summed E-state index contributed by atoms with van der Waals surface area (Å²) in [4.78, 5) is 111. The number of rotatable bonds is 17. The molecule has 4 atom stereocenters. The number of methoxy groups -OCH3 is 1. The molecule has 4 N–H and O–H groups in total. The maximum Gasteiger partial charge on any atom is 0.338 e. The van der Waals surface area contributed by atoms with E-state index in [0.717, 1.165) is 0 Å². The lowest BCUT2D eigenvalue weighted by atomic mass is 9.95. The van der Waals surface area contributed by atoms with Gasteiger partial charge in [0.1, 0.15) is 29.5 Å². The van der Waals surface area contributed by atoms with Crippen LogP contribution in [0.1, 0.15) is 65.8 Å². The van der Waals surface area contributed by atoms with E-state index in [1.54, 1.807) is 70.4 Å². The molecule has 8 aliphatic heterocycles. The topological polar surface area (TPSA) is 262 Å². The first-order chi connectivity index (χ1) is 48.7. The summed E-state index contributed by atoms with van der Waals surface area (Å²) in [5, 5.41) is 31.2. The highest BCUT2D eigenvalue weighted by atomic mass is 79.9. The van der Waals surface area contributed by atoms with Crippen molar-refractivity contribution in [1.82, 2.24) is 40.2 Å². The third kappa shape index (κ3) is 15.3. The molecule has 0 unspecified atom stereocenters. The second kappa shape index (κ2) is 30.5. The number of aliphatic carboxylic acids is 2. The number of nitrogens with one attached hydrogen (secondary N) is 2. The van der Waals surface area contributed by atoms with Crippen LogP contribution >= 0.6 is 61.8 Å². The molecule has 6 saturated heterocycles. The number of fused-ring (bicyclic) bond motifs is 2. The second-order valence-corrected chi connectivity index (χ2v) is 29.0. The normalized spacial score (nSPS) is 21.5. The van der Waals surface area contributed by atoms with E-state index in [1.165, 1.54) is 66.2 Å². The summed E-state index contributed by atoms with van der Waals surface area (Å²) in [6, 6.07) is 16.1. The molecule has 32 heteroatoms. The van der Waals surface area contributed by atoms with E-state index >= 15 is 0 Å². The molecule has 101 heavy (non-hydrogen) atoms. The summed E-state index contributed by atoms with van der Waals surface area (Å²) in [6.07, 6.45) is 5.24. The van der Waals surface area contributed by atoms with Crippen molar-refractivity contribution in [1.29, 1.82) is 0 Å². The van der Waals surface area contributed by atoms with Gasteiger partial charge >= 0.3 is 35.9 Å². The quantitative estimate of drug-likeness (QED) is 0.0619. The van der Waals surface area contributed by atoms with Crippen LogP contribution in [-0.4, -0.2) is 205 Å². The van der Waals surface area contributed by atoms with Crippen LogP contribution < -0.4 is 30.2 Å². The maximum absolute atomic E-state index is 15.0. The largest absolute Gasteiger partial charge is 0.481 e. The first-order valence-corrected chi connectivity index (χ1v) is 36.3. The third-order valence-electron chi connectivity index (χ3n) is 19.4. The molecule has 24 nitrogen and oxygen atoms in total. The van der Waals surface area contributed by atoms with Crippen molar-refractivity contribution in [3.05, 3.63) is 172 Å². The summed E-state index contributed by atoms with van der Waals surface area (Å²) in [5.41, 5.74) is 5.12. The smallest absolute Gasteiger partial charge is 0.338 e. The molecule has 530 valence electrons. The van der Waals surface area contributed by atoms with Crippen LogP contribution in [0.4, 0.5) is 45.5 Å². The number of piperazine rings is 2. The molecule has 6 fully saturated rings. The molecule has 0 spiro atoms. The molecule has 4 amide bonds. The predicted octanol–water partition coefficient (Wildman–Crippen LogP) is 10.1. The number of amides is 4. The maximum atomic E-state index is 15.0. The van der Waals surface area contributed by atoms with Gasteiger partial charge in [0, 0.05) is 158 Å². The lowest BCUT2D eigenvalue weighted by Crippen LogP contribution is -2.53. The lowest BCUT2D eigenvalue weighted by molar-refractivity contribution is -0.143. The monoisotopic (exact) mass is 1520 g/mol. The van der Waals surface area contributed by atoms with Gasteiger partial charge < -0.3 is 49.9 Å². The van der Waals surface area contributed by atoms with Crippen molar-refractivity contribution < 1.29 is 61.6 Å². The van der Waals surface area contributed by atoms with Crippen LogP contribution in [0.3, 0.4) is 0 Å². The minimum Gasteiger partial charge on any atom is -0.481 e. The summed E-state index contributed by atoms with van der Waals surface area (Å²) >= 11 is 19.1. The number of esters is 2. The third-order valence-corrected chi connectivity index (χ3v) is 22.2. The molecule has 14 rings (SSSR count). The Kier molecular flexibility index (Phi) is 21.4. The number of carboxylic acid groups (broad SMARTS) is 2. The van der Waals surface area contributed by atoms with Gasteiger partial charge in [-0.15, -0.1) is 22.7 Å². The molecule has 10 heterocycles. The molecule has 4 aromatic carbocycles. The first-order valence-electron chi connectivity index (χ1n) is 33.0. The Hall–Kier alpha value is -8.65. The average molecular weight is 1530 g/mol. The number of amidine groups is 2. The van der Waals surface area contributed by atoms with Crippen molar-refractivity contribution in [2.24, 2.45) is 21.8 Å². The van der Waals surface area contributed by atoms with Crippen molar-refractivity contribution in [2.75, 3.05) is 125 Å². The molecule has 8 aliphatic rings. The Morgan fingerprint density at radius 3 is 1.50 bits per heavy atom. The number of urea groups is 2. The van der Waals surface area contributed by atoms with Gasteiger partial charge in [0.15, 0.2) is 21.7 Å². The van der Waals surface area contributed by atoms with Crippen molar-refractivity contribution in [2.45, 2.75) is 56.8 Å². The van der Waals surface area contributed by atoms with Gasteiger partial charge in [-0.2, -0.15) is 0 Å². The van der Waals surface area contributed by atoms with E-state index in [9.17, 15) is 52.2 Å². The zero-order chi connectivity index (χ0) is 70.9. The fraction of sp³-hybridized carbons (Fsp3) is 0.391. The van der Waals surface area contributed by atoms with Gasteiger partial charge in [-0.3, -0.25) is 39.2 Å². The van der Waals surface area contributed by atoms with E-state index in [4.69, 9.17) is 42.7 Å². The SMILES string of the molecule is CCOC(=O)C1=C(CN2CCN3C(=O)N(c4cc(F)cc(N5CCC(C(=O)O)CC5)c4)C[C@@H]3C2)NC(c2nccs2)=N[C@H]1c1ccc(F)cc1Br.COC(=O)C1=C(CN2CCN3C(=O)N(c4cc(F)cc(N5CCC(C(=O)O)CC5)c4)C[C@@H]3C2)NC(c2nccs2)=N[C@H]1c1ccc(Cl)cc1Cl. The predicted molar refractivity (Wildman–Crippen MR) is 380 cm³/mol. The van der Waals surface area contributed by atoms with Crippen LogP contribution in [0.15, 0.2) is 133 Å². The minimum atomic E-state index is -0.815. The number of carbonyl (C=O) groups is 6. The Balaban J connectivity index is 0.000000181. The number of carbonyl (C=O) groups excluding carboxylic acids is 4. The number of nitrogens with zero attached hydrogens (tertiary/aromatic N) is 12. The highest BCUT2D eigenvalue weighted by Gasteiger charge is 2.45. The Labute approximate surface area is 605 Å². The Morgan fingerprint density at radius 1 is 0.594 bits per heavy atom. The summed E-state index contributed by atoms with van der Waals surface area (Å²) in [6.45, 7) is 8.06. The molecule has 0 radical (unpaired) electrons. The highest BCUT2D eigenvalue weighted by Crippen LogP contribution is 2.42. The molecule has 2 aromatic heterocycles. The number of hydrogen-bond donors (Lipinski definition) is 4. The van der Waals surface area contributed by atoms with Crippen LogP contribution in [0.5, 0.6) is 0 Å². The molecular weight excluding hydrogens is 1460 g/mol. The number of benzene rings is 4. The number of ether oxygens (including phenoxy) is 2. The fourth-order valence-electron chi connectivity index (χ4n) is 14.3. The molecule has 6 aromatic rings. The minimum absolute atomic E-state index is 0.150. The van der Waals surface area contributed by atoms with Crippen molar-refractivity contribution in [3.63, 3.8) is 0 Å². The van der Waals surface area contributed by atoms with Crippen molar-refractivity contribution >= 4 is 132 Å². The van der Waals surface area contributed by atoms with E-state index < -0.39 is 65.2 Å². The van der Waals surface area contributed by atoms with E-state index in [0.29, 0.717) is 210 Å². The number of aromatic nitrogens is 2.